The summed E-state index contributed by atoms with van der Waals surface area (Å²) in [5, 5.41) is 9.28. The highest BCUT2D eigenvalue weighted by atomic mass is 16.5. The molecule has 88 valence electrons. The van der Waals surface area contributed by atoms with Gasteiger partial charge in [-0.05, 0) is 26.7 Å². The second kappa shape index (κ2) is 6.08. The van der Waals surface area contributed by atoms with Crippen molar-refractivity contribution in [2.24, 2.45) is 5.92 Å². The zero-order valence-corrected chi connectivity index (χ0v) is 9.61. The molecule has 0 spiro atoms. The Morgan fingerprint density at radius 1 is 1.53 bits per heavy atom. The predicted molar refractivity (Wildman–Crippen MR) is 57.5 cm³/mol. The molecule has 1 atom stereocenters. The Balaban J connectivity index is 2.47. The standard InChI is InChI=1S/C11H21NO3/c1-3-12(8-9(2)13)11(14)10-4-6-15-7-5-10/h9-10,13H,3-8H2,1-2H3/t9-/m1/s1. The predicted octanol–water partition coefficient (Wildman–Crippen LogP) is 0.642. The fraction of sp³-hybridized carbons (Fsp3) is 0.909. The molecule has 0 aliphatic carbocycles. The first-order valence-corrected chi connectivity index (χ1v) is 5.69. The van der Waals surface area contributed by atoms with Crippen molar-refractivity contribution in [1.82, 2.24) is 4.90 Å². The SMILES string of the molecule is CCN(C[C@@H](C)O)C(=O)C1CCOCC1. The van der Waals surface area contributed by atoms with E-state index < -0.39 is 6.10 Å². The van der Waals surface area contributed by atoms with Crippen molar-refractivity contribution in [3.05, 3.63) is 0 Å². The van der Waals surface area contributed by atoms with Crippen LogP contribution in [0.5, 0.6) is 0 Å². The summed E-state index contributed by atoms with van der Waals surface area (Å²) in [4.78, 5) is 13.8. The minimum Gasteiger partial charge on any atom is -0.392 e. The zero-order chi connectivity index (χ0) is 11.3. The Hall–Kier alpha value is -0.610. The van der Waals surface area contributed by atoms with Crippen molar-refractivity contribution in [3.63, 3.8) is 0 Å². The van der Waals surface area contributed by atoms with E-state index in [0.717, 1.165) is 12.8 Å². The third kappa shape index (κ3) is 3.80. The van der Waals surface area contributed by atoms with Gasteiger partial charge in [-0.3, -0.25) is 4.79 Å². The van der Waals surface area contributed by atoms with E-state index in [2.05, 4.69) is 0 Å². The van der Waals surface area contributed by atoms with Crippen LogP contribution in [0.2, 0.25) is 0 Å². The molecular formula is C11H21NO3. The average Bonchev–Trinajstić information content (AvgIpc) is 2.26. The lowest BCUT2D eigenvalue weighted by molar-refractivity contribution is -0.139. The Kier molecular flexibility index (Phi) is 5.05. The molecule has 0 aromatic heterocycles. The summed E-state index contributed by atoms with van der Waals surface area (Å²) in [7, 11) is 0. The van der Waals surface area contributed by atoms with Gasteiger partial charge in [-0.15, -0.1) is 0 Å². The number of ether oxygens (including phenoxy) is 1. The Morgan fingerprint density at radius 2 is 2.13 bits per heavy atom. The zero-order valence-electron chi connectivity index (χ0n) is 9.61. The molecule has 1 fully saturated rings. The van der Waals surface area contributed by atoms with Crippen LogP contribution < -0.4 is 0 Å². The van der Waals surface area contributed by atoms with Gasteiger partial charge in [0.05, 0.1) is 6.10 Å². The van der Waals surface area contributed by atoms with E-state index in [4.69, 9.17) is 4.74 Å². The molecule has 4 nitrogen and oxygen atoms in total. The van der Waals surface area contributed by atoms with Crippen LogP contribution in [-0.2, 0) is 9.53 Å². The van der Waals surface area contributed by atoms with Crippen molar-refractivity contribution in [3.8, 4) is 0 Å². The second-order valence-electron chi connectivity index (χ2n) is 4.11. The van der Waals surface area contributed by atoms with Crippen molar-refractivity contribution in [2.75, 3.05) is 26.3 Å². The van der Waals surface area contributed by atoms with Gasteiger partial charge in [-0.2, -0.15) is 0 Å². The molecule has 4 heteroatoms. The highest BCUT2D eigenvalue weighted by molar-refractivity contribution is 5.78. The van der Waals surface area contributed by atoms with Gasteiger partial charge in [0.2, 0.25) is 5.91 Å². The molecule has 1 N–H and O–H groups in total. The maximum atomic E-state index is 12.0. The van der Waals surface area contributed by atoms with Crippen molar-refractivity contribution in [1.29, 1.82) is 0 Å². The van der Waals surface area contributed by atoms with Crippen LogP contribution in [0.15, 0.2) is 0 Å². The van der Waals surface area contributed by atoms with E-state index in [-0.39, 0.29) is 11.8 Å². The van der Waals surface area contributed by atoms with Crippen LogP contribution in [-0.4, -0.2) is 48.3 Å². The van der Waals surface area contributed by atoms with Crippen LogP contribution in [0.1, 0.15) is 26.7 Å². The van der Waals surface area contributed by atoms with Crippen LogP contribution in [0.4, 0.5) is 0 Å². The number of rotatable bonds is 4. The average molecular weight is 215 g/mol. The van der Waals surface area contributed by atoms with E-state index in [1.165, 1.54) is 0 Å². The molecule has 0 aromatic rings. The number of hydrogen-bond acceptors (Lipinski definition) is 3. The van der Waals surface area contributed by atoms with E-state index in [1.54, 1.807) is 11.8 Å². The molecule has 0 saturated carbocycles. The molecule has 0 bridgehead atoms. The van der Waals surface area contributed by atoms with E-state index in [0.29, 0.717) is 26.3 Å². The highest BCUT2D eigenvalue weighted by Gasteiger charge is 2.25. The quantitative estimate of drug-likeness (QED) is 0.749. The van der Waals surface area contributed by atoms with Gasteiger partial charge in [0.25, 0.3) is 0 Å². The third-order valence-corrected chi connectivity index (χ3v) is 2.75. The molecule has 1 rings (SSSR count). The summed E-state index contributed by atoms with van der Waals surface area (Å²) in [5.41, 5.74) is 0. The highest BCUT2D eigenvalue weighted by Crippen LogP contribution is 2.17. The van der Waals surface area contributed by atoms with Gasteiger partial charge in [0, 0.05) is 32.2 Å². The molecule has 1 saturated heterocycles. The van der Waals surface area contributed by atoms with E-state index in [1.807, 2.05) is 6.92 Å². The number of aliphatic hydroxyl groups excluding tert-OH is 1. The lowest BCUT2D eigenvalue weighted by atomic mass is 9.98. The summed E-state index contributed by atoms with van der Waals surface area (Å²) in [6.45, 7) is 6.12. The summed E-state index contributed by atoms with van der Waals surface area (Å²) in [5.74, 6) is 0.263. The molecule has 1 amide bonds. The fourth-order valence-corrected chi connectivity index (χ4v) is 1.90. The minimum absolute atomic E-state index is 0.0949. The summed E-state index contributed by atoms with van der Waals surface area (Å²) in [6.07, 6.45) is 1.18. The van der Waals surface area contributed by atoms with E-state index >= 15 is 0 Å². The third-order valence-electron chi connectivity index (χ3n) is 2.75. The van der Waals surface area contributed by atoms with Gasteiger partial charge in [0.1, 0.15) is 0 Å². The summed E-state index contributed by atoms with van der Waals surface area (Å²) < 4.78 is 5.22. The molecule has 0 radical (unpaired) electrons. The van der Waals surface area contributed by atoms with Crippen molar-refractivity contribution >= 4 is 5.91 Å². The monoisotopic (exact) mass is 215 g/mol. The number of likely N-dealkylation sites (N-methyl/N-ethyl adjacent to an activating group) is 1. The number of hydrogen-bond donors (Lipinski definition) is 1. The number of carbonyl (C=O) groups excluding carboxylic acids is 1. The normalized spacial score (nSPS) is 19.9. The number of carbonyl (C=O) groups is 1. The van der Waals surface area contributed by atoms with E-state index in [9.17, 15) is 9.90 Å². The number of nitrogens with zero attached hydrogens (tertiary/aromatic N) is 1. The second-order valence-corrected chi connectivity index (χ2v) is 4.11. The first-order valence-electron chi connectivity index (χ1n) is 5.69. The minimum atomic E-state index is -0.450. The maximum absolute atomic E-state index is 12.0. The Bertz CT molecular complexity index is 200. The van der Waals surface area contributed by atoms with Gasteiger partial charge in [-0.25, -0.2) is 0 Å². The largest absolute Gasteiger partial charge is 0.392 e. The molecule has 1 aliphatic heterocycles. The number of aliphatic hydroxyl groups is 1. The molecule has 15 heavy (non-hydrogen) atoms. The fourth-order valence-electron chi connectivity index (χ4n) is 1.90. The molecule has 0 unspecified atom stereocenters. The lowest BCUT2D eigenvalue weighted by Crippen LogP contribution is -2.41. The smallest absolute Gasteiger partial charge is 0.225 e. The maximum Gasteiger partial charge on any atom is 0.225 e. The summed E-state index contributed by atoms with van der Waals surface area (Å²) >= 11 is 0. The van der Waals surface area contributed by atoms with Crippen molar-refractivity contribution in [2.45, 2.75) is 32.8 Å². The van der Waals surface area contributed by atoms with Gasteiger partial charge in [0.15, 0.2) is 0 Å². The topological polar surface area (TPSA) is 49.8 Å². The lowest BCUT2D eigenvalue weighted by Gasteiger charge is -2.29. The van der Waals surface area contributed by atoms with Crippen LogP contribution in [0.3, 0.4) is 0 Å². The van der Waals surface area contributed by atoms with Gasteiger partial charge >= 0.3 is 0 Å². The molecule has 1 aliphatic rings. The van der Waals surface area contributed by atoms with Crippen molar-refractivity contribution < 1.29 is 14.6 Å². The van der Waals surface area contributed by atoms with Gasteiger partial charge in [-0.1, -0.05) is 0 Å². The first-order chi connectivity index (χ1) is 7.15. The molecule has 0 aromatic carbocycles. The Labute approximate surface area is 91.2 Å². The Morgan fingerprint density at radius 3 is 2.60 bits per heavy atom. The molecule has 1 heterocycles. The summed E-state index contributed by atoms with van der Waals surface area (Å²) in [6, 6.07) is 0. The first kappa shape index (κ1) is 12.5. The van der Waals surface area contributed by atoms with Crippen LogP contribution in [0, 0.1) is 5.92 Å². The van der Waals surface area contributed by atoms with Crippen LogP contribution in [0.25, 0.3) is 0 Å². The van der Waals surface area contributed by atoms with Gasteiger partial charge < -0.3 is 14.7 Å². The van der Waals surface area contributed by atoms with Crippen LogP contribution >= 0.6 is 0 Å². The number of amides is 1. The molecular weight excluding hydrogens is 194 g/mol.